The van der Waals surface area contributed by atoms with Crippen molar-refractivity contribution in [1.29, 1.82) is 0 Å². The van der Waals surface area contributed by atoms with E-state index in [9.17, 15) is 4.79 Å². The van der Waals surface area contributed by atoms with E-state index in [0.29, 0.717) is 29.7 Å². The Balaban J connectivity index is 2.52. The molecule has 2 aromatic carbocycles. The highest BCUT2D eigenvalue weighted by Crippen LogP contribution is 2.47. The molecule has 0 fully saturated rings. The molecular formula is C33H50O5Si. The first-order chi connectivity index (χ1) is 18.5. The molecule has 2 rings (SSSR count). The molecule has 0 aliphatic carbocycles. The summed E-state index contributed by atoms with van der Waals surface area (Å²) in [5, 5.41) is 0. The van der Waals surface area contributed by atoms with Crippen molar-refractivity contribution in [2.75, 3.05) is 7.11 Å². The van der Waals surface area contributed by atoms with Gasteiger partial charge in [-0.3, -0.25) is 4.79 Å². The zero-order valence-electron chi connectivity index (χ0n) is 25.5. The van der Waals surface area contributed by atoms with E-state index < -0.39 is 20.5 Å². The molecule has 4 atom stereocenters. The Bertz CT molecular complexity index is 981. The summed E-state index contributed by atoms with van der Waals surface area (Å²) in [5.41, 5.74) is 3.21. The van der Waals surface area contributed by atoms with Crippen LogP contribution in [0, 0.1) is 5.92 Å². The maximum Gasteiger partial charge on any atom is 0.303 e. The number of ether oxygens (including phenoxy) is 3. The number of benzene rings is 2. The van der Waals surface area contributed by atoms with Gasteiger partial charge in [-0.1, -0.05) is 97.0 Å². The maximum absolute atomic E-state index is 12.5. The van der Waals surface area contributed by atoms with E-state index in [-0.39, 0.29) is 18.0 Å². The Morgan fingerprint density at radius 1 is 0.897 bits per heavy atom. The first-order valence-electron chi connectivity index (χ1n) is 14.2. The van der Waals surface area contributed by atoms with Gasteiger partial charge < -0.3 is 18.6 Å². The molecule has 216 valence electrons. The minimum absolute atomic E-state index is 0.159. The third-order valence-corrected chi connectivity index (χ3v) is 14.0. The molecular weight excluding hydrogens is 504 g/mol. The minimum atomic E-state index is -2.33. The van der Waals surface area contributed by atoms with E-state index >= 15 is 0 Å². The Labute approximate surface area is 238 Å². The standard InChI is InChI=1S/C33H50O5Si/c1-11-15-31(36-22-28-18-20-30(35-10)21-19-28)26(8)32(37-27(9)34)33(29-16-13-12-14-17-29)38-39(23(2)3,24(4)5)25(6)7/h11-14,16-21,23-26,31-33H,1,15,22H2,2-10H3/t26-,31-,32+,33+/m0/s1. The fourth-order valence-corrected chi connectivity index (χ4v) is 11.5. The highest BCUT2D eigenvalue weighted by atomic mass is 28.4. The van der Waals surface area contributed by atoms with Crippen molar-refractivity contribution in [3.8, 4) is 5.75 Å². The van der Waals surface area contributed by atoms with Crippen molar-refractivity contribution in [3.05, 3.63) is 78.4 Å². The van der Waals surface area contributed by atoms with E-state index in [2.05, 4.69) is 67.2 Å². The Morgan fingerprint density at radius 2 is 1.46 bits per heavy atom. The largest absolute Gasteiger partial charge is 0.497 e. The van der Waals surface area contributed by atoms with Crippen LogP contribution >= 0.6 is 0 Å². The number of carbonyl (C=O) groups is 1. The predicted molar refractivity (Wildman–Crippen MR) is 162 cm³/mol. The number of hydrogen-bond acceptors (Lipinski definition) is 5. The fourth-order valence-electron chi connectivity index (χ4n) is 5.97. The lowest BCUT2D eigenvalue weighted by molar-refractivity contribution is -0.162. The quantitative estimate of drug-likeness (QED) is 0.118. The second kappa shape index (κ2) is 15.4. The van der Waals surface area contributed by atoms with Gasteiger partial charge in [-0.05, 0) is 46.3 Å². The van der Waals surface area contributed by atoms with Gasteiger partial charge in [-0.2, -0.15) is 0 Å². The molecule has 0 radical (unpaired) electrons. The highest BCUT2D eigenvalue weighted by Gasteiger charge is 2.49. The number of esters is 1. The zero-order valence-corrected chi connectivity index (χ0v) is 26.5. The average Bonchev–Trinajstić information content (AvgIpc) is 2.90. The summed E-state index contributed by atoms with van der Waals surface area (Å²) in [6, 6.07) is 18.1. The maximum atomic E-state index is 12.5. The molecule has 0 N–H and O–H groups in total. The molecule has 2 aromatic rings. The molecule has 0 saturated carbocycles. The summed E-state index contributed by atoms with van der Waals surface area (Å²) in [6.45, 7) is 21.6. The van der Waals surface area contributed by atoms with Crippen LogP contribution in [-0.2, 0) is 25.3 Å². The third-order valence-electron chi connectivity index (χ3n) is 7.89. The van der Waals surface area contributed by atoms with Gasteiger partial charge in [-0.15, -0.1) is 6.58 Å². The molecule has 0 heterocycles. The Kier molecular flexibility index (Phi) is 12.9. The van der Waals surface area contributed by atoms with Crippen molar-refractivity contribution in [1.82, 2.24) is 0 Å². The van der Waals surface area contributed by atoms with Gasteiger partial charge in [-0.25, -0.2) is 0 Å². The molecule has 0 amide bonds. The van der Waals surface area contributed by atoms with Gasteiger partial charge in [0.1, 0.15) is 18.0 Å². The van der Waals surface area contributed by atoms with E-state index in [1.54, 1.807) is 7.11 Å². The molecule has 6 heteroatoms. The third kappa shape index (κ3) is 8.53. The van der Waals surface area contributed by atoms with Crippen LogP contribution < -0.4 is 4.74 Å². The highest BCUT2D eigenvalue weighted by molar-refractivity contribution is 6.77. The van der Waals surface area contributed by atoms with Crippen LogP contribution in [0.2, 0.25) is 16.6 Å². The molecule has 0 spiro atoms. The summed E-state index contributed by atoms with van der Waals surface area (Å²) in [5.74, 6) is 0.323. The number of rotatable bonds is 16. The average molecular weight is 555 g/mol. The van der Waals surface area contributed by atoms with E-state index in [1.165, 1.54) is 6.92 Å². The van der Waals surface area contributed by atoms with Crippen molar-refractivity contribution in [2.24, 2.45) is 5.92 Å². The lowest BCUT2D eigenvalue weighted by Crippen LogP contribution is -2.51. The van der Waals surface area contributed by atoms with Crippen molar-refractivity contribution >= 4 is 14.3 Å². The van der Waals surface area contributed by atoms with Gasteiger partial charge in [0.25, 0.3) is 0 Å². The van der Waals surface area contributed by atoms with Crippen molar-refractivity contribution in [3.63, 3.8) is 0 Å². The van der Waals surface area contributed by atoms with E-state index in [1.807, 2.05) is 48.5 Å². The summed E-state index contributed by atoms with van der Waals surface area (Å²) in [7, 11) is -0.675. The first kappa shape index (κ1) is 32.8. The second-order valence-corrected chi connectivity index (χ2v) is 16.8. The molecule has 0 bridgehead atoms. The molecule has 0 aliphatic heterocycles. The lowest BCUT2D eigenvalue weighted by atomic mass is 9.89. The normalized spacial score (nSPS) is 15.2. The monoisotopic (exact) mass is 554 g/mol. The Morgan fingerprint density at radius 3 is 1.92 bits per heavy atom. The number of hydrogen-bond donors (Lipinski definition) is 0. The Hall–Kier alpha value is -2.41. The van der Waals surface area contributed by atoms with Gasteiger partial charge in [0.2, 0.25) is 8.32 Å². The molecule has 0 saturated heterocycles. The molecule has 39 heavy (non-hydrogen) atoms. The number of methoxy groups -OCH3 is 1. The van der Waals surface area contributed by atoms with Crippen LogP contribution in [0.1, 0.15) is 79.0 Å². The summed E-state index contributed by atoms with van der Waals surface area (Å²) in [6.07, 6.45) is 1.32. The van der Waals surface area contributed by atoms with Gasteiger partial charge in [0, 0.05) is 12.8 Å². The zero-order chi connectivity index (χ0) is 29.2. The van der Waals surface area contributed by atoms with Crippen LogP contribution in [-0.4, -0.2) is 33.6 Å². The fraction of sp³-hybridized carbons (Fsp3) is 0.545. The van der Waals surface area contributed by atoms with Crippen molar-refractivity contribution in [2.45, 2.75) is 103 Å². The lowest BCUT2D eigenvalue weighted by Gasteiger charge is -2.47. The van der Waals surface area contributed by atoms with Crippen LogP contribution in [0.5, 0.6) is 5.75 Å². The molecule has 0 unspecified atom stereocenters. The summed E-state index contributed by atoms with van der Waals surface area (Å²) < 4.78 is 25.3. The smallest absolute Gasteiger partial charge is 0.303 e. The summed E-state index contributed by atoms with van der Waals surface area (Å²) >= 11 is 0. The second-order valence-electron chi connectivity index (χ2n) is 11.4. The molecule has 0 aliphatic rings. The van der Waals surface area contributed by atoms with Crippen LogP contribution in [0.4, 0.5) is 0 Å². The van der Waals surface area contributed by atoms with E-state index in [4.69, 9.17) is 18.6 Å². The van der Waals surface area contributed by atoms with Crippen LogP contribution in [0.25, 0.3) is 0 Å². The first-order valence-corrected chi connectivity index (χ1v) is 16.4. The topological polar surface area (TPSA) is 54.0 Å². The molecule has 5 nitrogen and oxygen atoms in total. The number of carbonyl (C=O) groups excluding carboxylic acids is 1. The summed E-state index contributed by atoms with van der Waals surface area (Å²) in [4.78, 5) is 12.5. The van der Waals surface area contributed by atoms with Crippen LogP contribution in [0.15, 0.2) is 67.3 Å². The minimum Gasteiger partial charge on any atom is -0.497 e. The molecule has 0 aromatic heterocycles. The van der Waals surface area contributed by atoms with E-state index in [0.717, 1.165) is 16.9 Å². The van der Waals surface area contributed by atoms with Gasteiger partial charge in [0.15, 0.2) is 0 Å². The van der Waals surface area contributed by atoms with Crippen molar-refractivity contribution < 1.29 is 23.4 Å². The van der Waals surface area contributed by atoms with Gasteiger partial charge in [0.05, 0.1) is 19.8 Å². The van der Waals surface area contributed by atoms with Crippen LogP contribution in [0.3, 0.4) is 0 Å². The SMILES string of the molecule is C=CC[C@H](OCc1ccc(OC)cc1)[C@H](C)[C@@H](OC(C)=O)[C@H](O[Si](C(C)C)(C(C)C)C(C)C)c1ccccc1. The van der Waals surface area contributed by atoms with Gasteiger partial charge >= 0.3 is 5.97 Å². The predicted octanol–water partition coefficient (Wildman–Crippen LogP) is 8.66.